The summed E-state index contributed by atoms with van der Waals surface area (Å²) in [6, 6.07) is 14.5. The lowest BCUT2D eigenvalue weighted by Gasteiger charge is -2.33. The van der Waals surface area contributed by atoms with Crippen LogP contribution in [0.25, 0.3) is 0 Å². The second-order valence-corrected chi connectivity index (χ2v) is 9.18. The molecule has 4 nitrogen and oxygen atoms in total. The minimum Gasteiger partial charge on any atom is -0.350 e. The van der Waals surface area contributed by atoms with E-state index in [0.717, 1.165) is 5.56 Å². The fraction of sp³-hybridized carbons (Fsp3) is 0.417. The molecule has 0 aliphatic carbocycles. The Morgan fingerprint density at radius 3 is 2.13 bits per heavy atom. The highest BCUT2D eigenvalue weighted by Gasteiger charge is 2.30. The summed E-state index contributed by atoms with van der Waals surface area (Å²) >= 11 is 12.6. The van der Waals surface area contributed by atoms with Crippen LogP contribution in [0.5, 0.6) is 0 Å². The van der Waals surface area contributed by atoms with Crippen LogP contribution in [-0.2, 0) is 22.4 Å². The van der Waals surface area contributed by atoms with Crippen molar-refractivity contribution in [3.63, 3.8) is 0 Å². The topological polar surface area (TPSA) is 49.4 Å². The quantitative estimate of drug-likeness (QED) is 0.595. The Hall–Kier alpha value is -2.04. The summed E-state index contributed by atoms with van der Waals surface area (Å²) < 4.78 is 0. The number of carbonyl (C=O) groups excluding carboxylic acids is 2. The average Bonchev–Trinajstić information content (AvgIpc) is 2.67. The third-order valence-corrected chi connectivity index (χ3v) is 5.47. The Morgan fingerprint density at radius 2 is 1.60 bits per heavy atom. The van der Waals surface area contributed by atoms with Gasteiger partial charge in [-0.1, -0.05) is 66.5 Å². The molecule has 2 aromatic rings. The predicted octanol–water partition coefficient (Wildman–Crippen LogP) is 5.30. The maximum Gasteiger partial charge on any atom is 0.243 e. The van der Waals surface area contributed by atoms with E-state index in [0.29, 0.717) is 35.0 Å². The van der Waals surface area contributed by atoms with Gasteiger partial charge < -0.3 is 10.2 Å². The molecule has 162 valence electrons. The molecule has 2 rings (SSSR count). The Labute approximate surface area is 189 Å². The number of amides is 2. The second kappa shape index (κ2) is 10.8. The summed E-state index contributed by atoms with van der Waals surface area (Å²) in [5.74, 6) is -0.325. The van der Waals surface area contributed by atoms with Gasteiger partial charge in [-0.3, -0.25) is 9.59 Å². The van der Waals surface area contributed by atoms with Gasteiger partial charge in [0, 0.05) is 22.1 Å². The van der Waals surface area contributed by atoms with Crippen molar-refractivity contribution in [2.24, 2.45) is 0 Å². The first-order chi connectivity index (χ1) is 14.1. The molecule has 0 bridgehead atoms. The van der Waals surface area contributed by atoms with Gasteiger partial charge in [0.1, 0.15) is 6.04 Å². The molecule has 0 aliphatic heterocycles. The van der Waals surface area contributed by atoms with Crippen LogP contribution in [0, 0.1) is 0 Å². The molecule has 30 heavy (non-hydrogen) atoms. The molecule has 0 aliphatic rings. The molecule has 2 aromatic carbocycles. The highest BCUT2D eigenvalue weighted by Crippen LogP contribution is 2.26. The number of nitrogens with one attached hydrogen (secondary N) is 1. The molecule has 0 radical (unpaired) electrons. The van der Waals surface area contributed by atoms with Crippen molar-refractivity contribution < 1.29 is 9.59 Å². The number of hydrogen-bond acceptors (Lipinski definition) is 2. The lowest BCUT2D eigenvalue weighted by atomic mass is 10.0. The summed E-state index contributed by atoms with van der Waals surface area (Å²) in [6.07, 6.45) is 1.22. The van der Waals surface area contributed by atoms with Crippen molar-refractivity contribution in [2.45, 2.75) is 58.5 Å². The van der Waals surface area contributed by atoms with Crippen LogP contribution in [0.3, 0.4) is 0 Å². The fourth-order valence-corrected chi connectivity index (χ4v) is 3.83. The highest BCUT2D eigenvalue weighted by molar-refractivity contribution is 6.36. The van der Waals surface area contributed by atoms with Gasteiger partial charge in [-0.25, -0.2) is 0 Å². The lowest BCUT2D eigenvalue weighted by molar-refractivity contribution is -0.140. The highest BCUT2D eigenvalue weighted by atomic mass is 35.5. The summed E-state index contributed by atoms with van der Waals surface area (Å²) in [7, 11) is 0. The maximum atomic E-state index is 13.3. The van der Waals surface area contributed by atoms with E-state index in [9.17, 15) is 9.59 Å². The van der Waals surface area contributed by atoms with Crippen molar-refractivity contribution in [3.05, 3.63) is 69.7 Å². The van der Waals surface area contributed by atoms with Crippen LogP contribution in [-0.4, -0.2) is 34.8 Å². The van der Waals surface area contributed by atoms with E-state index < -0.39 is 6.04 Å². The lowest BCUT2D eigenvalue weighted by Crippen LogP contribution is -2.54. The first kappa shape index (κ1) is 24.2. The third-order valence-electron chi connectivity index (χ3n) is 4.76. The number of hydrogen-bond donors (Lipinski definition) is 1. The van der Waals surface area contributed by atoms with Crippen LogP contribution in [0.1, 0.15) is 45.2 Å². The maximum absolute atomic E-state index is 13.3. The van der Waals surface area contributed by atoms with Crippen LogP contribution < -0.4 is 5.32 Å². The van der Waals surface area contributed by atoms with Crippen LogP contribution in [0.15, 0.2) is 48.5 Å². The minimum absolute atomic E-state index is 0.0482. The SMILES string of the molecule is CC[C@@H](C(=O)NC(C)(C)C)N(CCc1ccccc1)C(=O)Cc1c(Cl)cccc1Cl. The average molecular weight is 449 g/mol. The summed E-state index contributed by atoms with van der Waals surface area (Å²) in [5, 5.41) is 3.91. The van der Waals surface area contributed by atoms with Gasteiger partial charge in [0.05, 0.1) is 6.42 Å². The van der Waals surface area contributed by atoms with Crippen molar-refractivity contribution >= 4 is 35.0 Å². The van der Waals surface area contributed by atoms with E-state index in [2.05, 4.69) is 5.32 Å². The first-order valence-electron chi connectivity index (χ1n) is 10.2. The van der Waals surface area contributed by atoms with E-state index in [1.54, 1.807) is 23.1 Å². The molecule has 0 saturated carbocycles. The summed E-state index contributed by atoms with van der Waals surface area (Å²) in [5.41, 5.74) is 1.31. The standard InChI is InChI=1S/C24H30Cl2N2O2/c1-5-21(23(30)27-24(2,3)4)28(15-14-17-10-7-6-8-11-17)22(29)16-18-19(25)12-9-13-20(18)26/h6-13,21H,5,14-16H2,1-4H3,(H,27,30)/t21-/m0/s1. The molecule has 0 saturated heterocycles. The smallest absolute Gasteiger partial charge is 0.243 e. The van der Waals surface area contributed by atoms with Crippen LogP contribution in [0.2, 0.25) is 10.0 Å². The molecule has 0 unspecified atom stereocenters. The predicted molar refractivity (Wildman–Crippen MR) is 124 cm³/mol. The zero-order chi connectivity index (χ0) is 22.3. The molecule has 1 N–H and O–H groups in total. The van der Waals surface area contributed by atoms with E-state index in [1.807, 2.05) is 58.0 Å². The van der Waals surface area contributed by atoms with E-state index in [1.165, 1.54) is 0 Å². The zero-order valence-electron chi connectivity index (χ0n) is 18.0. The molecule has 1 atom stereocenters. The molecule has 0 fully saturated rings. The van der Waals surface area contributed by atoms with Crippen molar-refractivity contribution in [1.82, 2.24) is 10.2 Å². The largest absolute Gasteiger partial charge is 0.350 e. The van der Waals surface area contributed by atoms with Gasteiger partial charge in [0.15, 0.2) is 0 Å². The molecule has 6 heteroatoms. The van der Waals surface area contributed by atoms with Crippen LogP contribution in [0.4, 0.5) is 0 Å². The summed E-state index contributed by atoms with van der Waals surface area (Å²) in [4.78, 5) is 28.0. The Morgan fingerprint density at radius 1 is 1.00 bits per heavy atom. The monoisotopic (exact) mass is 448 g/mol. The molecular formula is C24H30Cl2N2O2. The molecule has 2 amide bonds. The molecule has 0 spiro atoms. The summed E-state index contributed by atoms with van der Waals surface area (Å²) in [6.45, 7) is 8.13. The van der Waals surface area contributed by atoms with Gasteiger partial charge in [0.25, 0.3) is 0 Å². The van der Waals surface area contributed by atoms with Gasteiger partial charge >= 0.3 is 0 Å². The normalized spacial score (nSPS) is 12.3. The Kier molecular flexibility index (Phi) is 8.75. The Balaban J connectivity index is 2.28. The molecule has 0 aromatic heterocycles. The van der Waals surface area contributed by atoms with E-state index >= 15 is 0 Å². The number of rotatable bonds is 8. The second-order valence-electron chi connectivity index (χ2n) is 8.36. The van der Waals surface area contributed by atoms with E-state index in [4.69, 9.17) is 23.2 Å². The number of halogens is 2. The number of benzene rings is 2. The van der Waals surface area contributed by atoms with E-state index in [-0.39, 0.29) is 23.8 Å². The number of carbonyl (C=O) groups is 2. The molecular weight excluding hydrogens is 419 g/mol. The Bertz CT molecular complexity index is 843. The van der Waals surface area contributed by atoms with Gasteiger partial charge in [-0.15, -0.1) is 0 Å². The molecule has 0 heterocycles. The minimum atomic E-state index is -0.568. The van der Waals surface area contributed by atoms with Crippen molar-refractivity contribution in [3.8, 4) is 0 Å². The van der Waals surface area contributed by atoms with Gasteiger partial charge in [0.2, 0.25) is 11.8 Å². The van der Waals surface area contributed by atoms with Crippen molar-refractivity contribution in [2.75, 3.05) is 6.54 Å². The number of nitrogens with zero attached hydrogens (tertiary/aromatic N) is 1. The van der Waals surface area contributed by atoms with Gasteiger partial charge in [-0.05, 0) is 56.9 Å². The van der Waals surface area contributed by atoms with Gasteiger partial charge in [-0.2, -0.15) is 0 Å². The first-order valence-corrected chi connectivity index (χ1v) is 11.0. The van der Waals surface area contributed by atoms with Crippen LogP contribution >= 0.6 is 23.2 Å². The zero-order valence-corrected chi connectivity index (χ0v) is 19.6. The fourth-order valence-electron chi connectivity index (χ4n) is 3.30. The third kappa shape index (κ3) is 7.03. The van der Waals surface area contributed by atoms with Crippen molar-refractivity contribution in [1.29, 1.82) is 0 Å².